The molecule has 0 nitrogen and oxygen atoms in total. The fourth-order valence-electron chi connectivity index (χ4n) is 1.41. The van der Waals surface area contributed by atoms with Crippen molar-refractivity contribution >= 4 is 0 Å². The van der Waals surface area contributed by atoms with Crippen LogP contribution < -0.4 is 0 Å². The zero-order valence-electron chi connectivity index (χ0n) is 7.85. The molecule has 0 fully saturated rings. The normalized spacial score (nSPS) is 21.4. The van der Waals surface area contributed by atoms with Gasteiger partial charge in [0.05, 0.1) is 0 Å². The van der Waals surface area contributed by atoms with E-state index in [4.69, 9.17) is 0 Å². The van der Waals surface area contributed by atoms with Crippen molar-refractivity contribution in [2.24, 2.45) is 5.41 Å². The first kappa shape index (κ1) is 11.1. The zero-order chi connectivity index (χ0) is 7.94. The maximum absolute atomic E-state index is 3.44. The van der Waals surface area contributed by atoms with Gasteiger partial charge in [0.25, 0.3) is 0 Å². The summed E-state index contributed by atoms with van der Waals surface area (Å²) < 4.78 is 0. The number of hydrogen-bond donors (Lipinski definition) is 0. The largest absolute Gasteiger partial charge is 2.00 e. The van der Waals surface area contributed by atoms with Crippen molar-refractivity contribution in [1.82, 2.24) is 0 Å². The van der Waals surface area contributed by atoms with Gasteiger partial charge in [0.15, 0.2) is 0 Å². The summed E-state index contributed by atoms with van der Waals surface area (Å²) >= 11 is 0. The second-order valence-corrected chi connectivity index (χ2v) is 3.62. The Labute approximate surface area is 82.5 Å². The summed E-state index contributed by atoms with van der Waals surface area (Å²) in [6, 6.07) is 0. The molecule has 11 heavy (non-hydrogen) atoms. The number of allylic oxidation sites excluding steroid dienone is 4. The van der Waals surface area contributed by atoms with Crippen LogP contribution in [0.4, 0.5) is 0 Å². The topological polar surface area (TPSA) is 0 Å². The summed E-state index contributed by atoms with van der Waals surface area (Å²) in [6.45, 7) is 10.9. The Bertz CT molecular complexity index is 219. The molecule has 0 bridgehead atoms. The predicted molar refractivity (Wildman–Crippen MR) is 44.6 cm³/mol. The van der Waals surface area contributed by atoms with Crippen LogP contribution in [0.5, 0.6) is 0 Å². The van der Waals surface area contributed by atoms with Gasteiger partial charge in [-0.05, 0) is 0 Å². The van der Waals surface area contributed by atoms with E-state index in [-0.39, 0.29) is 24.9 Å². The van der Waals surface area contributed by atoms with Crippen molar-refractivity contribution in [3.63, 3.8) is 0 Å². The molecule has 0 aromatic heterocycles. The number of rotatable bonds is 0. The van der Waals surface area contributed by atoms with Crippen LogP contribution in [0.15, 0.2) is 16.7 Å². The summed E-state index contributed by atoms with van der Waals surface area (Å²) in [5.74, 6) is 0. The zero-order valence-corrected chi connectivity index (χ0v) is 9.59. The SMILES string of the molecule is CC1=[C-]C(C)(C)C(C)=C1C.[Ru+2]. The molecule has 0 aromatic rings. The summed E-state index contributed by atoms with van der Waals surface area (Å²) in [4.78, 5) is 0. The van der Waals surface area contributed by atoms with E-state index in [0.29, 0.717) is 0 Å². The summed E-state index contributed by atoms with van der Waals surface area (Å²) in [6.07, 6.45) is 3.44. The van der Waals surface area contributed by atoms with Gasteiger partial charge >= 0.3 is 19.5 Å². The third-order valence-corrected chi connectivity index (χ3v) is 2.56. The van der Waals surface area contributed by atoms with E-state index in [1.54, 1.807) is 0 Å². The van der Waals surface area contributed by atoms with Crippen LogP contribution in [0.3, 0.4) is 0 Å². The smallest absolute Gasteiger partial charge is 0.263 e. The molecule has 62 valence electrons. The van der Waals surface area contributed by atoms with Gasteiger partial charge in [0.1, 0.15) is 0 Å². The molecule has 0 radical (unpaired) electrons. The number of hydrogen-bond acceptors (Lipinski definition) is 0. The molecule has 0 spiro atoms. The van der Waals surface area contributed by atoms with E-state index < -0.39 is 0 Å². The fraction of sp³-hybridized carbons (Fsp3) is 0.600. The third-order valence-electron chi connectivity index (χ3n) is 2.56. The third kappa shape index (κ3) is 1.82. The Balaban J connectivity index is 0.000001000. The molecule has 0 N–H and O–H groups in total. The second kappa shape index (κ2) is 3.23. The quantitative estimate of drug-likeness (QED) is 0.448. The van der Waals surface area contributed by atoms with Gasteiger partial charge < -0.3 is 0 Å². The molecule has 1 aliphatic carbocycles. The maximum atomic E-state index is 3.44. The molecule has 1 heteroatoms. The molecular formula is C10H15Ru+. The Kier molecular flexibility index (Phi) is 3.26. The fourth-order valence-corrected chi connectivity index (χ4v) is 1.41. The maximum Gasteiger partial charge on any atom is 2.00 e. The Hall–Kier alpha value is 0.103. The minimum Gasteiger partial charge on any atom is -0.263 e. The van der Waals surface area contributed by atoms with Crippen LogP contribution >= 0.6 is 0 Å². The minimum absolute atomic E-state index is 0. The Morgan fingerprint density at radius 2 is 1.55 bits per heavy atom. The van der Waals surface area contributed by atoms with E-state index in [2.05, 4.69) is 40.7 Å². The predicted octanol–water partition coefficient (Wildman–Crippen LogP) is 3.11. The van der Waals surface area contributed by atoms with Crippen LogP contribution in [-0.4, -0.2) is 0 Å². The van der Waals surface area contributed by atoms with Crippen LogP contribution in [-0.2, 0) is 19.5 Å². The average molecular weight is 236 g/mol. The first-order valence-electron chi connectivity index (χ1n) is 3.75. The van der Waals surface area contributed by atoms with E-state index in [9.17, 15) is 0 Å². The average Bonchev–Trinajstić information content (AvgIpc) is 1.95. The summed E-state index contributed by atoms with van der Waals surface area (Å²) in [7, 11) is 0. The van der Waals surface area contributed by atoms with Gasteiger partial charge in [0.2, 0.25) is 0 Å². The van der Waals surface area contributed by atoms with E-state index >= 15 is 0 Å². The van der Waals surface area contributed by atoms with Gasteiger partial charge in [-0.25, -0.2) is 5.57 Å². The second-order valence-electron chi connectivity index (χ2n) is 3.62. The van der Waals surface area contributed by atoms with Crippen molar-refractivity contribution in [2.75, 3.05) is 0 Å². The molecule has 1 aliphatic rings. The molecule has 0 atom stereocenters. The van der Waals surface area contributed by atoms with E-state index in [1.807, 2.05) is 0 Å². The molecule has 1 rings (SSSR count). The van der Waals surface area contributed by atoms with Crippen molar-refractivity contribution in [3.05, 3.63) is 22.8 Å². The molecule has 0 unspecified atom stereocenters. The van der Waals surface area contributed by atoms with E-state index in [0.717, 1.165) is 0 Å². The first-order chi connectivity index (χ1) is 4.45. The van der Waals surface area contributed by atoms with Gasteiger partial charge in [-0.1, -0.05) is 33.1 Å². The van der Waals surface area contributed by atoms with E-state index in [1.165, 1.54) is 16.7 Å². The summed E-state index contributed by atoms with van der Waals surface area (Å²) in [5, 5.41) is 0. The van der Waals surface area contributed by atoms with Gasteiger partial charge in [0, 0.05) is 0 Å². The molecule has 0 saturated heterocycles. The first-order valence-corrected chi connectivity index (χ1v) is 3.75. The Morgan fingerprint density at radius 1 is 1.09 bits per heavy atom. The van der Waals surface area contributed by atoms with Crippen molar-refractivity contribution < 1.29 is 19.5 Å². The molecular weight excluding hydrogens is 221 g/mol. The minimum atomic E-state index is 0. The van der Waals surface area contributed by atoms with Crippen LogP contribution in [0, 0.1) is 11.5 Å². The monoisotopic (exact) mass is 237 g/mol. The molecule has 0 aromatic carbocycles. The van der Waals surface area contributed by atoms with Crippen molar-refractivity contribution in [3.8, 4) is 0 Å². The van der Waals surface area contributed by atoms with Crippen LogP contribution in [0.2, 0.25) is 0 Å². The van der Waals surface area contributed by atoms with Crippen molar-refractivity contribution in [2.45, 2.75) is 34.6 Å². The molecule has 0 aliphatic heterocycles. The summed E-state index contributed by atoms with van der Waals surface area (Å²) in [5.41, 5.74) is 4.39. The van der Waals surface area contributed by atoms with Crippen LogP contribution in [0.1, 0.15) is 34.6 Å². The van der Waals surface area contributed by atoms with Crippen LogP contribution in [0.25, 0.3) is 0 Å². The molecule has 0 saturated carbocycles. The van der Waals surface area contributed by atoms with Gasteiger partial charge in [-0.3, -0.25) is 6.08 Å². The van der Waals surface area contributed by atoms with Gasteiger partial charge in [-0.2, -0.15) is 11.1 Å². The molecule has 0 amide bonds. The standard InChI is InChI=1S/C10H15.Ru/c1-7-6-10(4,5)9(3)8(7)2;/h1-5H3;/q-1;+2. The van der Waals surface area contributed by atoms with Crippen molar-refractivity contribution in [1.29, 1.82) is 0 Å². The Morgan fingerprint density at radius 3 is 1.64 bits per heavy atom. The van der Waals surface area contributed by atoms with Gasteiger partial charge in [-0.15, -0.1) is 6.92 Å². The molecule has 0 heterocycles.